The van der Waals surface area contributed by atoms with Crippen LogP contribution >= 0.6 is 11.3 Å². The normalized spacial score (nSPS) is 17.9. The predicted molar refractivity (Wildman–Crippen MR) is 133 cm³/mol. The first-order valence-corrected chi connectivity index (χ1v) is 13.3. The van der Waals surface area contributed by atoms with Crippen LogP contribution in [0.2, 0.25) is 0 Å². The lowest BCUT2D eigenvalue weighted by Crippen LogP contribution is -2.42. The first kappa shape index (κ1) is 22.8. The minimum absolute atomic E-state index is 0.133. The summed E-state index contributed by atoms with van der Waals surface area (Å²) in [7, 11) is -0.248. The number of rotatable bonds is 4. The van der Waals surface area contributed by atoms with E-state index in [1.54, 1.807) is 12.1 Å². The third-order valence-corrected chi connectivity index (χ3v) is 9.30. The van der Waals surface area contributed by atoms with E-state index in [4.69, 9.17) is 4.74 Å². The Kier molecular flexibility index (Phi) is 6.01. The summed E-state index contributed by atoms with van der Waals surface area (Å²) >= 11 is 1.47. The molecule has 7 nitrogen and oxygen atoms in total. The van der Waals surface area contributed by atoms with Gasteiger partial charge in [0.05, 0.1) is 28.1 Å². The summed E-state index contributed by atoms with van der Waals surface area (Å²) in [5.41, 5.74) is 1.04. The molecule has 0 aliphatic carbocycles. The number of methoxy groups -OCH3 is 1. The van der Waals surface area contributed by atoms with E-state index in [0.717, 1.165) is 21.0 Å². The van der Waals surface area contributed by atoms with Gasteiger partial charge in [0.25, 0.3) is 5.91 Å². The van der Waals surface area contributed by atoms with Gasteiger partial charge in [0.15, 0.2) is 4.80 Å². The van der Waals surface area contributed by atoms with Crippen molar-refractivity contribution in [3.05, 3.63) is 65.5 Å². The molecule has 5 rings (SSSR count). The monoisotopic (exact) mass is 495 g/mol. The lowest BCUT2D eigenvalue weighted by Gasteiger charge is -2.30. The van der Waals surface area contributed by atoms with E-state index in [2.05, 4.69) is 29.3 Å². The third kappa shape index (κ3) is 4.04. The van der Waals surface area contributed by atoms with Crippen molar-refractivity contribution in [1.29, 1.82) is 0 Å². The number of sulfonamides is 1. The minimum Gasteiger partial charge on any atom is -0.497 e. The quantitative estimate of drug-likeness (QED) is 0.430. The average molecular weight is 496 g/mol. The number of nitrogens with zero attached hydrogens (tertiary/aromatic N) is 3. The van der Waals surface area contributed by atoms with Crippen LogP contribution in [0.3, 0.4) is 0 Å². The van der Waals surface area contributed by atoms with Gasteiger partial charge in [-0.3, -0.25) is 4.79 Å². The van der Waals surface area contributed by atoms with E-state index in [0.29, 0.717) is 29.9 Å². The van der Waals surface area contributed by atoms with Gasteiger partial charge in [-0.2, -0.15) is 9.30 Å². The molecule has 2 heterocycles. The van der Waals surface area contributed by atoms with Crippen LogP contribution in [0.4, 0.5) is 0 Å². The van der Waals surface area contributed by atoms with Crippen molar-refractivity contribution in [3.8, 4) is 5.75 Å². The summed E-state index contributed by atoms with van der Waals surface area (Å²) < 4.78 is 35.8. The van der Waals surface area contributed by atoms with E-state index < -0.39 is 15.9 Å². The Hall–Kier alpha value is -3.01. The number of fused-ring (bicyclic) bond motifs is 3. The Morgan fingerprint density at radius 3 is 2.62 bits per heavy atom. The van der Waals surface area contributed by atoms with Gasteiger partial charge >= 0.3 is 0 Å². The summed E-state index contributed by atoms with van der Waals surface area (Å²) in [6.07, 6.45) is 1.24. The number of hydrogen-bond donors (Lipinski definition) is 0. The molecule has 0 radical (unpaired) electrons. The van der Waals surface area contributed by atoms with Crippen molar-refractivity contribution >= 4 is 48.3 Å². The number of thiazole rings is 1. The van der Waals surface area contributed by atoms with Crippen LogP contribution in [0.15, 0.2) is 70.6 Å². The zero-order valence-corrected chi connectivity index (χ0v) is 20.6. The Morgan fingerprint density at radius 2 is 1.85 bits per heavy atom. The highest BCUT2D eigenvalue weighted by atomic mass is 32.2. The molecule has 1 aliphatic rings. The molecule has 1 amide bonds. The number of amides is 1. The SMILES string of the molecule is COc1ccc(S(=O)(=O)N2CCCC(C(=O)N=c3sc4ccc5ccccc5c4n3C)C2)cc1. The molecule has 0 bridgehead atoms. The van der Waals surface area contributed by atoms with Crippen molar-refractivity contribution < 1.29 is 17.9 Å². The number of carbonyl (C=O) groups excluding carboxylic acids is 1. The summed E-state index contributed by atoms with van der Waals surface area (Å²) in [6.45, 7) is 0.523. The van der Waals surface area contributed by atoms with E-state index in [1.807, 2.05) is 23.7 Å². The first-order valence-electron chi connectivity index (χ1n) is 11.1. The van der Waals surface area contributed by atoms with E-state index in [-0.39, 0.29) is 17.3 Å². The number of benzene rings is 3. The van der Waals surface area contributed by atoms with Crippen LogP contribution in [0.25, 0.3) is 21.0 Å². The summed E-state index contributed by atoms with van der Waals surface area (Å²) in [6, 6.07) is 18.6. The van der Waals surface area contributed by atoms with Gasteiger partial charge in [-0.25, -0.2) is 8.42 Å². The van der Waals surface area contributed by atoms with Crippen molar-refractivity contribution in [2.75, 3.05) is 20.2 Å². The van der Waals surface area contributed by atoms with Gasteiger partial charge in [0, 0.05) is 25.5 Å². The molecule has 1 aliphatic heterocycles. The van der Waals surface area contributed by atoms with Crippen LogP contribution in [0.1, 0.15) is 12.8 Å². The molecule has 176 valence electrons. The molecule has 34 heavy (non-hydrogen) atoms. The summed E-state index contributed by atoms with van der Waals surface area (Å²) in [5.74, 6) is -0.154. The van der Waals surface area contributed by atoms with Crippen molar-refractivity contribution in [3.63, 3.8) is 0 Å². The second kappa shape index (κ2) is 8.98. The van der Waals surface area contributed by atoms with Gasteiger partial charge in [0.1, 0.15) is 5.75 Å². The third-order valence-electron chi connectivity index (χ3n) is 6.32. The Bertz CT molecular complexity index is 1550. The lowest BCUT2D eigenvalue weighted by molar-refractivity contribution is -0.122. The fourth-order valence-electron chi connectivity index (χ4n) is 4.47. The molecule has 9 heteroatoms. The van der Waals surface area contributed by atoms with Gasteiger partial charge < -0.3 is 9.30 Å². The average Bonchev–Trinajstić information content (AvgIpc) is 3.19. The van der Waals surface area contributed by atoms with Crippen LogP contribution in [-0.4, -0.2) is 43.4 Å². The summed E-state index contributed by atoms with van der Waals surface area (Å²) in [5, 5.41) is 2.25. The number of carbonyl (C=O) groups is 1. The van der Waals surface area contributed by atoms with Crippen molar-refractivity contribution in [1.82, 2.24) is 8.87 Å². The van der Waals surface area contributed by atoms with E-state index in [1.165, 1.54) is 34.9 Å². The van der Waals surface area contributed by atoms with E-state index in [9.17, 15) is 13.2 Å². The van der Waals surface area contributed by atoms with Crippen LogP contribution in [-0.2, 0) is 21.9 Å². The molecule has 0 spiro atoms. The Morgan fingerprint density at radius 1 is 1.09 bits per heavy atom. The van der Waals surface area contributed by atoms with Gasteiger partial charge in [-0.05, 0) is 48.6 Å². The van der Waals surface area contributed by atoms with Gasteiger partial charge in [-0.1, -0.05) is 41.7 Å². The molecular weight excluding hydrogens is 470 g/mol. The largest absolute Gasteiger partial charge is 0.497 e. The van der Waals surface area contributed by atoms with Gasteiger partial charge in [0.2, 0.25) is 10.0 Å². The predicted octanol–water partition coefficient (Wildman–Crippen LogP) is 3.93. The number of aryl methyl sites for hydroxylation is 1. The molecule has 1 unspecified atom stereocenters. The fraction of sp³-hybridized carbons (Fsp3) is 0.280. The molecule has 0 N–H and O–H groups in total. The van der Waals surface area contributed by atoms with Crippen molar-refractivity contribution in [2.24, 2.45) is 18.0 Å². The smallest absolute Gasteiger partial charge is 0.252 e. The standard InChI is InChI=1S/C25H25N3O4S2/c1-27-23-21-8-4-3-6-17(21)9-14-22(23)33-25(27)26-24(29)18-7-5-15-28(16-18)34(30,31)20-12-10-19(32-2)11-13-20/h3-4,6,8-14,18H,5,7,15-16H2,1-2H3. The van der Waals surface area contributed by atoms with Crippen molar-refractivity contribution in [2.45, 2.75) is 17.7 Å². The zero-order chi connectivity index (χ0) is 23.9. The van der Waals surface area contributed by atoms with Crippen LogP contribution in [0, 0.1) is 5.92 Å². The van der Waals surface area contributed by atoms with E-state index >= 15 is 0 Å². The maximum absolute atomic E-state index is 13.2. The topological polar surface area (TPSA) is 81.0 Å². The maximum atomic E-state index is 13.2. The first-order chi connectivity index (χ1) is 16.4. The van der Waals surface area contributed by atoms with Crippen LogP contribution < -0.4 is 9.54 Å². The molecule has 1 atom stereocenters. The minimum atomic E-state index is -3.70. The molecular formula is C25H25N3O4S2. The number of aromatic nitrogens is 1. The molecule has 1 saturated heterocycles. The molecule has 0 saturated carbocycles. The molecule has 1 fully saturated rings. The lowest BCUT2D eigenvalue weighted by atomic mass is 9.99. The zero-order valence-electron chi connectivity index (χ0n) is 19.0. The molecule has 1 aromatic heterocycles. The number of piperidine rings is 1. The molecule has 4 aromatic rings. The fourth-order valence-corrected chi connectivity index (χ4v) is 7.03. The second-order valence-corrected chi connectivity index (χ2v) is 11.4. The summed E-state index contributed by atoms with van der Waals surface area (Å²) in [4.78, 5) is 18.4. The Balaban J connectivity index is 1.43. The number of hydrogen-bond acceptors (Lipinski definition) is 5. The highest BCUT2D eigenvalue weighted by molar-refractivity contribution is 7.89. The highest BCUT2D eigenvalue weighted by Gasteiger charge is 2.33. The van der Waals surface area contributed by atoms with Gasteiger partial charge in [-0.15, -0.1) is 0 Å². The Labute approximate surface area is 202 Å². The number of ether oxygens (including phenoxy) is 1. The molecule has 3 aromatic carbocycles. The van der Waals surface area contributed by atoms with Crippen LogP contribution in [0.5, 0.6) is 5.75 Å². The highest BCUT2D eigenvalue weighted by Crippen LogP contribution is 2.28. The second-order valence-electron chi connectivity index (χ2n) is 8.40. The maximum Gasteiger partial charge on any atom is 0.252 e.